The van der Waals surface area contributed by atoms with Gasteiger partial charge in [0, 0.05) is 10.8 Å². The van der Waals surface area contributed by atoms with Crippen LogP contribution in [0.2, 0.25) is 0 Å². The van der Waals surface area contributed by atoms with Crippen LogP contribution in [0.4, 0.5) is 5.00 Å². The van der Waals surface area contributed by atoms with Crippen molar-refractivity contribution in [3.05, 3.63) is 16.0 Å². The normalized spacial score (nSPS) is 30.2. The third kappa shape index (κ3) is 3.01. The van der Waals surface area contributed by atoms with Crippen molar-refractivity contribution >= 4 is 28.2 Å². The molecular weight excluding hydrogens is 334 g/mol. The molecule has 4 atom stereocenters. The zero-order valence-corrected chi connectivity index (χ0v) is 15.9. The number of hydrogen-bond acceptors (Lipinski definition) is 4. The number of amides is 1. The smallest absolute Gasteiger partial charge is 0.341 e. The fourth-order valence-corrected chi connectivity index (χ4v) is 6.53. The molecule has 1 N–H and O–H groups in total. The van der Waals surface area contributed by atoms with Gasteiger partial charge in [-0.3, -0.25) is 4.79 Å². The second-order valence-electron chi connectivity index (χ2n) is 7.99. The van der Waals surface area contributed by atoms with Crippen molar-refractivity contribution in [3.8, 4) is 0 Å². The van der Waals surface area contributed by atoms with E-state index >= 15 is 0 Å². The summed E-state index contributed by atoms with van der Waals surface area (Å²) < 4.78 is 5.03. The summed E-state index contributed by atoms with van der Waals surface area (Å²) >= 11 is 1.60. The summed E-state index contributed by atoms with van der Waals surface area (Å²) in [6.45, 7) is 2.22. The summed E-state index contributed by atoms with van der Waals surface area (Å²) in [5.41, 5.74) is 1.73. The average molecular weight is 362 g/mol. The Kier molecular flexibility index (Phi) is 4.61. The molecule has 136 valence electrons. The molecule has 0 saturated heterocycles. The number of esters is 1. The topological polar surface area (TPSA) is 55.4 Å². The molecule has 0 spiro atoms. The van der Waals surface area contributed by atoms with E-state index in [0.29, 0.717) is 17.4 Å². The van der Waals surface area contributed by atoms with Crippen LogP contribution in [0.3, 0.4) is 0 Å². The van der Waals surface area contributed by atoms with Gasteiger partial charge in [-0.2, -0.15) is 0 Å². The van der Waals surface area contributed by atoms with Crippen molar-refractivity contribution in [1.29, 1.82) is 0 Å². The minimum Gasteiger partial charge on any atom is -0.465 e. The lowest BCUT2D eigenvalue weighted by Crippen LogP contribution is -2.27. The maximum absolute atomic E-state index is 12.8. The zero-order chi connectivity index (χ0) is 17.6. The molecule has 2 bridgehead atoms. The van der Waals surface area contributed by atoms with Crippen LogP contribution in [0.5, 0.6) is 0 Å². The predicted octanol–water partition coefficient (Wildman–Crippen LogP) is 4.42. The fraction of sp³-hybridized carbons (Fsp3) is 0.700. The van der Waals surface area contributed by atoms with Crippen molar-refractivity contribution in [3.63, 3.8) is 0 Å². The molecule has 1 amide bonds. The Morgan fingerprint density at radius 2 is 2.08 bits per heavy atom. The second-order valence-corrected chi connectivity index (χ2v) is 9.09. The van der Waals surface area contributed by atoms with Crippen LogP contribution in [0.1, 0.15) is 66.2 Å². The summed E-state index contributed by atoms with van der Waals surface area (Å²) in [4.78, 5) is 26.5. The zero-order valence-electron chi connectivity index (χ0n) is 15.1. The summed E-state index contributed by atoms with van der Waals surface area (Å²) in [7, 11) is 1.42. The van der Waals surface area contributed by atoms with Crippen LogP contribution in [-0.4, -0.2) is 19.0 Å². The monoisotopic (exact) mass is 361 g/mol. The van der Waals surface area contributed by atoms with Gasteiger partial charge in [0.2, 0.25) is 5.91 Å². The lowest BCUT2D eigenvalue weighted by molar-refractivity contribution is -0.121. The van der Waals surface area contributed by atoms with Crippen LogP contribution in [0.15, 0.2) is 0 Å². The number of carbonyl (C=O) groups is 2. The maximum Gasteiger partial charge on any atom is 0.341 e. The van der Waals surface area contributed by atoms with E-state index in [1.54, 1.807) is 11.3 Å². The molecule has 3 aliphatic carbocycles. The van der Waals surface area contributed by atoms with Gasteiger partial charge in [-0.05, 0) is 61.8 Å². The van der Waals surface area contributed by atoms with Gasteiger partial charge >= 0.3 is 5.97 Å². The van der Waals surface area contributed by atoms with Gasteiger partial charge in [0.05, 0.1) is 12.7 Å². The highest BCUT2D eigenvalue weighted by atomic mass is 32.1. The summed E-state index contributed by atoms with van der Waals surface area (Å²) in [5.74, 6) is 1.91. The predicted molar refractivity (Wildman–Crippen MR) is 99.0 cm³/mol. The van der Waals surface area contributed by atoms with E-state index in [1.807, 2.05) is 0 Å². The van der Waals surface area contributed by atoms with Crippen molar-refractivity contribution in [2.75, 3.05) is 12.4 Å². The quantitative estimate of drug-likeness (QED) is 0.808. The van der Waals surface area contributed by atoms with E-state index in [0.717, 1.165) is 48.6 Å². The van der Waals surface area contributed by atoms with Crippen LogP contribution in [-0.2, 0) is 22.4 Å². The number of fused-ring (bicyclic) bond motifs is 3. The van der Waals surface area contributed by atoms with Gasteiger partial charge in [-0.25, -0.2) is 4.79 Å². The summed E-state index contributed by atoms with van der Waals surface area (Å²) in [6.07, 6.45) is 8.92. The standard InChI is InChI=1S/C20H27NO3S/c1-3-11-5-7-14-16(10-11)25-19(17(14)20(23)24-2)21-18(22)15-9-12-4-6-13(15)8-12/h11-13,15H,3-10H2,1-2H3,(H,21,22). The molecule has 3 aliphatic rings. The van der Waals surface area contributed by atoms with E-state index in [4.69, 9.17) is 4.74 Å². The number of thiophene rings is 1. The van der Waals surface area contributed by atoms with Crippen molar-refractivity contribution in [1.82, 2.24) is 0 Å². The number of anilines is 1. The first-order chi connectivity index (χ1) is 12.1. The number of ether oxygens (including phenoxy) is 1. The Bertz CT molecular complexity index is 695. The SMILES string of the molecule is CCC1CCc2c(sc(NC(=O)C3CC4CCC3C4)c2C(=O)OC)C1. The molecule has 0 aliphatic heterocycles. The lowest BCUT2D eigenvalue weighted by Gasteiger charge is -2.21. The molecule has 5 heteroatoms. The average Bonchev–Trinajstić information content (AvgIpc) is 3.33. The number of methoxy groups -OCH3 is 1. The molecule has 25 heavy (non-hydrogen) atoms. The van der Waals surface area contributed by atoms with E-state index in [2.05, 4.69) is 12.2 Å². The second kappa shape index (κ2) is 6.75. The van der Waals surface area contributed by atoms with Crippen LogP contribution < -0.4 is 5.32 Å². The summed E-state index contributed by atoms with van der Waals surface area (Å²) in [6, 6.07) is 0. The molecule has 2 fully saturated rings. The highest BCUT2D eigenvalue weighted by Gasteiger charge is 2.43. The third-order valence-electron chi connectivity index (χ3n) is 6.65. The first-order valence-corrected chi connectivity index (χ1v) is 10.5. The van der Waals surface area contributed by atoms with Gasteiger partial charge in [-0.15, -0.1) is 11.3 Å². The number of hydrogen-bond donors (Lipinski definition) is 1. The molecule has 1 aromatic heterocycles. The first kappa shape index (κ1) is 17.1. The Morgan fingerprint density at radius 1 is 1.24 bits per heavy atom. The van der Waals surface area contributed by atoms with Crippen molar-refractivity contribution < 1.29 is 14.3 Å². The maximum atomic E-state index is 12.8. The molecule has 1 heterocycles. The van der Waals surface area contributed by atoms with Gasteiger partial charge < -0.3 is 10.1 Å². The number of carbonyl (C=O) groups excluding carboxylic acids is 2. The molecule has 0 radical (unpaired) electrons. The Morgan fingerprint density at radius 3 is 2.72 bits per heavy atom. The largest absolute Gasteiger partial charge is 0.465 e. The fourth-order valence-electron chi connectivity index (χ4n) is 5.18. The molecule has 1 aromatic rings. The molecule has 4 nitrogen and oxygen atoms in total. The van der Waals surface area contributed by atoms with Gasteiger partial charge in [-0.1, -0.05) is 19.8 Å². The van der Waals surface area contributed by atoms with Gasteiger partial charge in [0.15, 0.2) is 0 Å². The highest BCUT2D eigenvalue weighted by molar-refractivity contribution is 7.17. The highest BCUT2D eigenvalue weighted by Crippen LogP contribution is 2.49. The van der Waals surface area contributed by atoms with Gasteiger partial charge in [0.1, 0.15) is 5.00 Å². The Balaban J connectivity index is 1.59. The molecule has 4 unspecified atom stereocenters. The van der Waals surface area contributed by atoms with Crippen LogP contribution in [0.25, 0.3) is 0 Å². The first-order valence-electron chi connectivity index (χ1n) is 9.64. The van der Waals surface area contributed by atoms with E-state index in [9.17, 15) is 9.59 Å². The van der Waals surface area contributed by atoms with E-state index in [-0.39, 0.29) is 17.8 Å². The van der Waals surface area contributed by atoms with E-state index < -0.39 is 0 Å². The Hall–Kier alpha value is -1.36. The van der Waals surface area contributed by atoms with Gasteiger partial charge in [0.25, 0.3) is 0 Å². The molecule has 4 rings (SSSR count). The Labute approximate surface area is 153 Å². The third-order valence-corrected chi connectivity index (χ3v) is 7.82. The molecule has 0 aromatic carbocycles. The number of rotatable bonds is 4. The minimum atomic E-state index is -0.310. The number of nitrogens with one attached hydrogen (secondary N) is 1. The van der Waals surface area contributed by atoms with Crippen molar-refractivity contribution in [2.24, 2.45) is 23.7 Å². The van der Waals surface area contributed by atoms with Crippen molar-refractivity contribution in [2.45, 2.75) is 58.3 Å². The minimum absolute atomic E-state index is 0.114. The van der Waals surface area contributed by atoms with Crippen LogP contribution in [0, 0.1) is 23.7 Å². The summed E-state index contributed by atoms with van der Waals surface area (Å²) in [5, 5.41) is 3.84. The molecule has 2 saturated carbocycles. The van der Waals surface area contributed by atoms with E-state index in [1.165, 1.54) is 31.2 Å². The van der Waals surface area contributed by atoms with Crippen LogP contribution >= 0.6 is 11.3 Å². The lowest BCUT2D eigenvalue weighted by atomic mass is 9.85. The molecular formula is C20H27NO3S.